The molecule has 0 saturated carbocycles. The number of thiophene rings is 1. The number of halogens is 1. The standard InChI is InChI=1S/C13H10BrN3OS/c14-9-2-1-3-10(15)8(9)6-17-7-16-11-4-5-19-12(11)13(17)18/h1-5,7H,6,15H2. The monoisotopic (exact) mass is 335 g/mol. The van der Waals surface area contributed by atoms with Gasteiger partial charge in [-0.15, -0.1) is 11.3 Å². The lowest BCUT2D eigenvalue weighted by Crippen LogP contribution is -2.21. The third-order valence-corrected chi connectivity index (χ3v) is 4.55. The van der Waals surface area contributed by atoms with Crippen LogP contribution < -0.4 is 11.3 Å². The highest BCUT2D eigenvalue weighted by Gasteiger charge is 2.09. The fourth-order valence-electron chi connectivity index (χ4n) is 1.90. The van der Waals surface area contributed by atoms with E-state index in [9.17, 15) is 4.79 Å². The van der Waals surface area contributed by atoms with Crippen molar-refractivity contribution in [1.29, 1.82) is 0 Å². The zero-order valence-corrected chi connectivity index (χ0v) is 12.2. The maximum atomic E-state index is 12.3. The average Bonchev–Trinajstić information content (AvgIpc) is 2.85. The maximum absolute atomic E-state index is 12.3. The summed E-state index contributed by atoms with van der Waals surface area (Å²) in [6.07, 6.45) is 1.57. The van der Waals surface area contributed by atoms with E-state index in [1.54, 1.807) is 10.9 Å². The van der Waals surface area contributed by atoms with Crippen molar-refractivity contribution in [2.75, 3.05) is 5.73 Å². The Morgan fingerprint density at radius 1 is 1.37 bits per heavy atom. The first-order valence-corrected chi connectivity index (χ1v) is 7.29. The predicted molar refractivity (Wildman–Crippen MR) is 81.5 cm³/mol. The molecule has 0 saturated heterocycles. The van der Waals surface area contributed by atoms with Crippen LogP contribution in [0.4, 0.5) is 5.69 Å². The number of anilines is 1. The molecule has 2 heterocycles. The number of hydrogen-bond donors (Lipinski definition) is 1. The first kappa shape index (κ1) is 12.4. The Bertz CT molecular complexity index is 789. The molecule has 6 heteroatoms. The maximum Gasteiger partial charge on any atom is 0.271 e. The molecule has 0 atom stereocenters. The van der Waals surface area contributed by atoms with Gasteiger partial charge in [-0.1, -0.05) is 22.0 Å². The highest BCUT2D eigenvalue weighted by atomic mass is 79.9. The molecule has 2 N–H and O–H groups in total. The van der Waals surface area contributed by atoms with E-state index in [-0.39, 0.29) is 5.56 Å². The topological polar surface area (TPSA) is 60.9 Å². The number of rotatable bonds is 2. The van der Waals surface area contributed by atoms with Gasteiger partial charge in [-0.05, 0) is 23.6 Å². The molecule has 0 aliphatic carbocycles. The first-order chi connectivity index (χ1) is 9.16. The lowest BCUT2D eigenvalue weighted by molar-refractivity contribution is 0.749. The third-order valence-electron chi connectivity index (χ3n) is 2.92. The summed E-state index contributed by atoms with van der Waals surface area (Å²) in [7, 11) is 0. The van der Waals surface area contributed by atoms with Crippen LogP contribution in [0.2, 0.25) is 0 Å². The van der Waals surface area contributed by atoms with Gasteiger partial charge in [0.1, 0.15) is 4.70 Å². The third kappa shape index (κ3) is 2.17. The van der Waals surface area contributed by atoms with Gasteiger partial charge >= 0.3 is 0 Å². The van der Waals surface area contributed by atoms with Gasteiger partial charge in [-0.2, -0.15) is 0 Å². The second-order valence-corrected chi connectivity index (χ2v) is 5.89. The number of nitrogens with two attached hydrogens (primary N) is 1. The fourth-order valence-corrected chi connectivity index (χ4v) is 3.20. The minimum atomic E-state index is -0.0323. The van der Waals surface area contributed by atoms with E-state index in [1.807, 2.05) is 29.6 Å². The smallest absolute Gasteiger partial charge is 0.271 e. The van der Waals surface area contributed by atoms with Gasteiger partial charge in [0.25, 0.3) is 5.56 Å². The van der Waals surface area contributed by atoms with E-state index in [4.69, 9.17) is 5.73 Å². The van der Waals surface area contributed by atoms with Crippen molar-refractivity contribution in [3.05, 3.63) is 56.4 Å². The highest BCUT2D eigenvalue weighted by molar-refractivity contribution is 9.10. The molecule has 0 fully saturated rings. The van der Waals surface area contributed by atoms with Crippen LogP contribution in [0.5, 0.6) is 0 Å². The summed E-state index contributed by atoms with van der Waals surface area (Å²) in [5, 5.41) is 1.87. The first-order valence-electron chi connectivity index (χ1n) is 5.62. The molecular weight excluding hydrogens is 326 g/mol. The van der Waals surface area contributed by atoms with E-state index in [2.05, 4.69) is 20.9 Å². The largest absolute Gasteiger partial charge is 0.398 e. The number of fused-ring (bicyclic) bond motifs is 1. The Kier molecular flexibility index (Phi) is 3.12. The van der Waals surface area contributed by atoms with Crippen molar-refractivity contribution in [1.82, 2.24) is 9.55 Å². The van der Waals surface area contributed by atoms with Crippen molar-refractivity contribution in [3.8, 4) is 0 Å². The number of aromatic nitrogens is 2. The Hall–Kier alpha value is -1.66. The van der Waals surface area contributed by atoms with Crippen LogP contribution in [0.1, 0.15) is 5.56 Å². The molecule has 1 aromatic carbocycles. The average molecular weight is 336 g/mol. The van der Waals surface area contributed by atoms with Gasteiger partial charge in [-0.3, -0.25) is 9.36 Å². The van der Waals surface area contributed by atoms with E-state index in [0.29, 0.717) is 16.9 Å². The summed E-state index contributed by atoms with van der Waals surface area (Å²) < 4.78 is 3.15. The highest BCUT2D eigenvalue weighted by Crippen LogP contribution is 2.23. The van der Waals surface area contributed by atoms with Crippen LogP contribution in [0.15, 0.2) is 45.2 Å². The summed E-state index contributed by atoms with van der Waals surface area (Å²) >= 11 is 4.87. The van der Waals surface area contributed by atoms with Crippen molar-refractivity contribution >= 4 is 43.2 Å². The van der Waals surface area contributed by atoms with E-state index in [1.165, 1.54) is 11.3 Å². The molecular formula is C13H10BrN3OS. The quantitative estimate of drug-likeness (QED) is 0.732. The molecule has 0 aliphatic heterocycles. The molecule has 19 heavy (non-hydrogen) atoms. The van der Waals surface area contributed by atoms with Crippen LogP contribution >= 0.6 is 27.3 Å². The molecule has 96 valence electrons. The normalized spacial score (nSPS) is 11.0. The van der Waals surface area contributed by atoms with Crippen LogP contribution in [-0.4, -0.2) is 9.55 Å². The fraction of sp³-hybridized carbons (Fsp3) is 0.0769. The molecule has 0 amide bonds. The number of hydrogen-bond acceptors (Lipinski definition) is 4. The zero-order chi connectivity index (χ0) is 13.4. The van der Waals surface area contributed by atoms with Crippen molar-refractivity contribution in [2.24, 2.45) is 0 Å². The van der Waals surface area contributed by atoms with Gasteiger partial charge in [0.05, 0.1) is 18.4 Å². The summed E-state index contributed by atoms with van der Waals surface area (Å²) in [6, 6.07) is 7.45. The van der Waals surface area contributed by atoms with Crippen LogP contribution in [0.25, 0.3) is 10.2 Å². The van der Waals surface area contributed by atoms with Crippen LogP contribution in [-0.2, 0) is 6.54 Å². The minimum Gasteiger partial charge on any atom is -0.398 e. The number of nitrogen functional groups attached to an aromatic ring is 1. The molecule has 0 spiro atoms. The second kappa shape index (κ2) is 4.79. The Morgan fingerprint density at radius 3 is 3.00 bits per heavy atom. The number of benzene rings is 1. The molecule has 0 bridgehead atoms. The van der Waals surface area contributed by atoms with Gasteiger partial charge in [0.2, 0.25) is 0 Å². The Balaban J connectivity index is 2.11. The molecule has 0 radical (unpaired) electrons. The second-order valence-electron chi connectivity index (χ2n) is 4.12. The Morgan fingerprint density at radius 2 is 2.21 bits per heavy atom. The van der Waals surface area contributed by atoms with Crippen molar-refractivity contribution in [3.63, 3.8) is 0 Å². The van der Waals surface area contributed by atoms with E-state index in [0.717, 1.165) is 15.6 Å². The molecule has 2 aromatic heterocycles. The molecule has 3 rings (SSSR count). The summed E-state index contributed by atoms with van der Waals surface area (Å²) in [6.45, 7) is 0.410. The molecule has 3 aromatic rings. The van der Waals surface area contributed by atoms with Gasteiger partial charge < -0.3 is 5.73 Å². The van der Waals surface area contributed by atoms with Gasteiger partial charge in [-0.25, -0.2) is 4.98 Å². The predicted octanol–water partition coefficient (Wildman–Crippen LogP) is 2.85. The lowest BCUT2D eigenvalue weighted by atomic mass is 10.2. The summed E-state index contributed by atoms with van der Waals surface area (Å²) in [5.74, 6) is 0. The van der Waals surface area contributed by atoms with Crippen LogP contribution in [0.3, 0.4) is 0 Å². The van der Waals surface area contributed by atoms with Crippen LogP contribution in [0, 0.1) is 0 Å². The van der Waals surface area contributed by atoms with Crippen molar-refractivity contribution in [2.45, 2.75) is 6.54 Å². The lowest BCUT2D eigenvalue weighted by Gasteiger charge is -2.10. The zero-order valence-electron chi connectivity index (χ0n) is 9.84. The minimum absolute atomic E-state index is 0.0323. The van der Waals surface area contributed by atoms with Gasteiger partial charge in [0.15, 0.2) is 0 Å². The number of nitrogens with zero attached hydrogens (tertiary/aromatic N) is 2. The van der Waals surface area contributed by atoms with E-state index < -0.39 is 0 Å². The van der Waals surface area contributed by atoms with E-state index >= 15 is 0 Å². The summed E-state index contributed by atoms with van der Waals surface area (Å²) in [5.41, 5.74) is 8.21. The molecule has 0 aliphatic rings. The summed E-state index contributed by atoms with van der Waals surface area (Å²) in [4.78, 5) is 16.6. The molecule has 4 nitrogen and oxygen atoms in total. The SMILES string of the molecule is Nc1cccc(Br)c1Cn1cnc2ccsc2c1=O. The van der Waals surface area contributed by atoms with Crippen molar-refractivity contribution < 1.29 is 0 Å². The molecule has 0 unspecified atom stereocenters. The Labute approximate surface area is 121 Å². The van der Waals surface area contributed by atoms with Gasteiger partial charge in [0, 0.05) is 15.7 Å².